The molecule has 1 aromatic heterocycles. The van der Waals surface area contributed by atoms with Gasteiger partial charge in [-0.2, -0.15) is 0 Å². The van der Waals surface area contributed by atoms with Gasteiger partial charge in [0.1, 0.15) is 5.52 Å². The number of para-hydroxylation sites is 1. The van der Waals surface area contributed by atoms with Gasteiger partial charge in [0.05, 0.1) is 12.1 Å². The van der Waals surface area contributed by atoms with Gasteiger partial charge in [0, 0.05) is 0 Å². The van der Waals surface area contributed by atoms with Crippen LogP contribution in [0.4, 0.5) is 8.78 Å². The third kappa shape index (κ3) is 1.35. The van der Waals surface area contributed by atoms with Crippen molar-refractivity contribution in [1.82, 2.24) is 4.98 Å². The van der Waals surface area contributed by atoms with E-state index in [1.807, 2.05) is 0 Å². The van der Waals surface area contributed by atoms with Crippen LogP contribution in [0, 0.1) is 0 Å². The number of hydrogen-bond acceptors (Lipinski definition) is 3. The van der Waals surface area contributed by atoms with E-state index in [-0.39, 0.29) is 23.6 Å². The summed E-state index contributed by atoms with van der Waals surface area (Å²) in [6.45, 7) is 0.108. The van der Waals surface area contributed by atoms with Crippen LogP contribution in [0.5, 0.6) is 0 Å². The van der Waals surface area contributed by atoms with Crippen molar-refractivity contribution in [2.45, 2.75) is 13.0 Å². The molecule has 2 rings (SSSR count). The number of hydrogen-bond donors (Lipinski definition) is 1. The molecule has 2 N–H and O–H groups in total. The zero-order valence-corrected chi connectivity index (χ0v) is 7.21. The first-order valence-corrected chi connectivity index (χ1v) is 4.09. The van der Waals surface area contributed by atoms with Crippen LogP contribution < -0.4 is 5.73 Å². The molecule has 5 heteroatoms. The molecule has 0 aliphatic carbocycles. The van der Waals surface area contributed by atoms with Crippen LogP contribution in [0.1, 0.15) is 17.9 Å². The molecule has 0 spiro atoms. The first kappa shape index (κ1) is 9.08. The van der Waals surface area contributed by atoms with Gasteiger partial charge in [-0.1, -0.05) is 6.07 Å². The van der Waals surface area contributed by atoms with E-state index in [2.05, 4.69) is 4.98 Å². The lowest BCUT2D eigenvalue weighted by atomic mass is 10.2. The van der Waals surface area contributed by atoms with Crippen LogP contribution >= 0.6 is 0 Å². The highest BCUT2D eigenvalue weighted by atomic mass is 19.3. The number of benzene rings is 1. The Morgan fingerprint density at radius 3 is 2.86 bits per heavy atom. The van der Waals surface area contributed by atoms with E-state index >= 15 is 0 Å². The quantitative estimate of drug-likeness (QED) is 0.804. The Labute approximate surface area is 78.5 Å². The molecule has 0 unspecified atom stereocenters. The van der Waals surface area contributed by atoms with Gasteiger partial charge < -0.3 is 10.2 Å². The lowest BCUT2D eigenvalue weighted by Crippen LogP contribution is -1.94. The maximum absolute atomic E-state index is 12.5. The molecule has 0 saturated carbocycles. The predicted octanol–water partition coefficient (Wildman–Crippen LogP) is 2.22. The minimum Gasteiger partial charge on any atom is -0.439 e. The Morgan fingerprint density at radius 1 is 1.43 bits per heavy atom. The minimum atomic E-state index is -2.56. The molecule has 0 aliphatic rings. The second-order valence-corrected chi connectivity index (χ2v) is 2.81. The van der Waals surface area contributed by atoms with Crippen LogP contribution in [0.15, 0.2) is 22.6 Å². The number of fused-ring (bicyclic) bond motifs is 1. The first-order valence-electron chi connectivity index (χ1n) is 4.09. The summed E-state index contributed by atoms with van der Waals surface area (Å²) >= 11 is 0. The molecule has 0 bridgehead atoms. The summed E-state index contributed by atoms with van der Waals surface area (Å²) in [5.74, 6) is 0.271. The van der Waals surface area contributed by atoms with Crippen molar-refractivity contribution in [3.8, 4) is 0 Å². The summed E-state index contributed by atoms with van der Waals surface area (Å²) in [4.78, 5) is 3.95. The number of alkyl halides is 2. The van der Waals surface area contributed by atoms with Gasteiger partial charge in [-0.3, -0.25) is 0 Å². The van der Waals surface area contributed by atoms with Crippen molar-refractivity contribution in [2.75, 3.05) is 0 Å². The van der Waals surface area contributed by atoms with Crippen molar-refractivity contribution in [3.63, 3.8) is 0 Å². The standard InChI is InChI=1S/C9H8F2N2O/c10-9(11)5-2-1-3-6-8(5)14-7(4-12)13-6/h1-3,9H,4,12H2. The van der Waals surface area contributed by atoms with E-state index in [9.17, 15) is 8.78 Å². The predicted molar refractivity (Wildman–Crippen MR) is 46.9 cm³/mol. The molecular formula is C9H8F2N2O. The second-order valence-electron chi connectivity index (χ2n) is 2.81. The Bertz CT molecular complexity index is 453. The second kappa shape index (κ2) is 3.34. The van der Waals surface area contributed by atoms with Crippen molar-refractivity contribution < 1.29 is 13.2 Å². The van der Waals surface area contributed by atoms with Crippen molar-refractivity contribution in [1.29, 1.82) is 0 Å². The summed E-state index contributed by atoms with van der Waals surface area (Å²) in [7, 11) is 0. The van der Waals surface area contributed by atoms with Crippen molar-refractivity contribution in [3.05, 3.63) is 29.7 Å². The number of nitrogens with two attached hydrogens (primary N) is 1. The van der Waals surface area contributed by atoms with E-state index in [1.54, 1.807) is 6.07 Å². The van der Waals surface area contributed by atoms with Gasteiger partial charge in [-0.05, 0) is 12.1 Å². The zero-order chi connectivity index (χ0) is 10.1. The van der Waals surface area contributed by atoms with E-state index in [1.165, 1.54) is 12.1 Å². The summed E-state index contributed by atoms with van der Waals surface area (Å²) < 4.78 is 30.1. The van der Waals surface area contributed by atoms with Gasteiger partial charge in [-0.25, -0.2) is 13.8 Å². The highest BCUT2D eigenvalue weighted by Gasteiger charge is 2.15. The molecule has 3 nitrogen and oxygen atoms in total. The van der Waals surface area contributed by atoms with Crippen LogP contribution in [-0.4, -0.2) is 4.98 Å². The number of oxazole rings is 1. The Hall–Kier alpha value is -1.49. The van der Waals surface area contributed by atoms with Crippen molar-refractivity contribution in [2.24, 2.45) is 5.73 Å². The largest absolute Gasteiger partial charge is 0.439 e. The maximum atomic E-state index is 12.5. The molecule has 1 heterocycles. The highest BCUT2D eigenvalue weighted by molar-refractivity contribution is 5.76. The lowest BCUT2D eigenvalue weighted by molar-refractivity contribution is 0.151. The number of aromatic nitrogens is 1. The third-order valence-corrected chi connectivity index (χ3v) is 1.90. The molecule has 74 valence electrons. The molecule has 2 aromatic rings. The van der Waals surface area contributed by atoms with Crippen LogP contribution in [0.3, 0.4) is 0 Å². The molecule has 0 aliphatic heterocycles. The molecule has 0 saturated heterocycles. The van der Waals surface area contributed by atoms with E-state index in [0.717, 1.165) is 0 Å². The Balaban J connectivity index is 2.66. The van der Waals surface area contributed by atoms with E-state index < -0.39 is 6.43 Å². The first-order chi connectivity index (χ1) is 6.72. The number of nitrogens with zero attached hydrogens (tertiary/aromatic N) is 1. The molecule has 0 amide bonds. The third-order valence-electron chi connectivity index (χ3n) is 1.90. The number of halogens is 2. The van der Waals surface area contributed by atoms with Gasteiger partial charge in [0.25, 0.3) is 6.43 Å². The normalized spacial score (nSPS) is 11.4. The Kier molecular flexibility index (Phi) is 2.17. The average Bonchev–Trinajstić information content (AvgIpc) is 2.59. The smallest absolute Gasteiger partial charge is 0.267 e. The maximum Gasteiger partial charge on any atom is 0.267 e. The average molecular weight is 198 g/mol. The van der Waals surface area contributed by atoms with Crippen LogP contribution in [0.2, 0.25) is 0 Å². The SMILES string of the molecule is NCc1nc2cccc(C(F)F)c2o1. The van der Waals surface area contributed by atoms with E-state index in [4.69, 9.17) is 10.2 Å². The molecule has 0 atom stereocenters. The van der Waals surface area contributed by atoms with Crippen LogP contribution in [-0.2, 0) is 6.54 Å². The minimum absolute atomic E-state index is 0.108. The number of rotatable bonds is 2. The fourth-order valence-corrected chi connectivity index (χ4v) is 1.28. The van der Waals surface area contributed by atoms with Crippen LogP contribution in [0.25, 0.3) is 11.1 Å². The fourth-order valence-electron chi connectivity index (χ4n) is 1.28. The summed E-state index contributed by atoms with van der Waals surface area (Å²) in [6, 6.07) is 4.45. The molecule has 14 heavy (non-hydrogen) atoms. The summed E-state index contributed by atoms with van der Waals surface area (Å²) in [5.41, 5.74) is 5.70. The van der Waals surface area contributed by atoms with Gasteiger partial charge >= 0.3 is 0 Å². The van der Waals surface area contributed by atoms with Crippen molar-refractivity contribution >= 4 is 11.1 Å². The summed E-state index contributed by atoms with van der Waals surface area (Å²) in [6.07, 6.45) is -2.56. The topological polar surface area (TPSA) is 52.0 Å². The monoisotopic (exact) mass is 198 g/mol. The zero-order valence-electron chi connectivity index (χ0n) is 7.21. The molecule has 0 radical (unpaired) electrons. The molecule has 0 fully saturated rings. The van der Waals surface area contributed by atoms with Gasteiger partial charge in [0.15, 0.2) is 5.58 Å². The molecular weight excluding hydrogens is 190 g/mol. The van der Waals surface area contributed by atoms with E-state index in [0.29, 0.717) is 5.52 Å². The fraction of sp³-hybridized carbons (Fsp3) is 0.222. The lowest BCUT2D eigenvalue weighted by Gasteiger charge is -1.97. The Morgan fingerprint density at radius 2 is 2.21 bits per heavy atom. The van der Waals surface area contributed by atoms with Gasteiger partial charge in [0.2, 0.25) is 5.89 Å². The summed E-state index contributed by atoms with van der Waals surface area (Å²) in [5, 5.41) is 0. The highest BCUT2D eigenvalue weighted by Crippen LogP contribution is 2.27. The van der Waals surface area contributed by atoms with Gasteiger partial charge in [-0.15, -0.1) is 0 Å². The molecule has 1 aromatic carbocycles.